The maximum Gasteiger partial charge on any atom is 0.220 e. The van der Waals surface area contributed by atoms with Gasteiger partial charge in [0.2, 0.25) is 5.91 Å². The minimum Gasteiger partial charge on any atom is -0.507 e. The summed E-state index contributed by atoms with van der Waals surface area (Å²) in [5.74, 6) is 0.349. The Labute approximate surface area is 154 Å². The zero-order valence-electron chi connectivity index (χ0n) is 17.3. The molecule has 0 aliphatic heterocycles. The van der Waals surface area contributed by atoms with E-state index in [1.165, 1.54) is 5.56 Å². The Balaban J connectivity index is 2.70. The maximum atomic E-state index is 12.4. The fourth-order valence-corrected chi connectivity index (χ4v) is 3.68. The third-order valence-corrected chi connectivity index (χ3v) is 5.01. The fraction of sp³-hybridized carbons (Fsp3) is 0.682. The summed E-state index contributed by atoms with van der Waals surface area (Å²) in [6, 6.07) is 4.04. The van der Waals surface area contributed by atoms with Crippen molar-refractivity contribution in [1.29, 1.82) is 0 Å². The SMILES string of the molecule is CCCc1cc(C)c(O)c(CNC(=O)CC(C)(C)CC(C)(C)CC)c1. The molecule has 0 bridgehead atoms. The molecule has 1 aromatic carbocycles. The van der Waals surface area contributed by atoms with Crippen LogP contribution in [-0.2, 0) is 17.8 Å². The highest BCUT2D eigenvalue weighted by molar-refractivity contribution is 5.76. The molecule has 0 atom stereocenters. The molecule has 3 heteroatoms. The number of phenolic OH excluding ortho intramolecular Hbond substituents is 1. The Morgan fingerprint density at radius 2 is 1.76 bits per heavy atom. The maximum absolute atomic E-state index is 12.4. The molecule has 0 saturated carbocycles. The molecule has 0 radical (unpaired) electrons. The van der Waals surface area contributed by atoms with Gasteiger partial charge >= 0.3 is 0 Å². The van der Waals surface area contributed by atoms with Gasteiger partial charge in [-0.3, -0.25) is 4.79 Å². The Hall–Kier alpha value is -1.51. The molecule has 0 aliphatic carbocycles. The van der Waals surface area contributed by atoms with Crippen LogP contribution in [0, 0.1) is 17.8 Å². The van der Waals surface area contributed by atoms with Crippen molar-refractivity contribution in [3.8, 4) is 5.75 Å². The van der Waals surface area contributed by atoms with E-state index in [1.54, 1.807) is 0 Å². The summed E-state index contributed by atoms with van der Waals surface area (Å²) in [7, 11) is 0. The van der Waals surface area contributed by atoms with Crippen molar-refractivity contribution in [2.45, 2.75) is 87.1 Å². The Kier molecular flexibility index (Phi) is 7.52. The van der Waals surface area contributed by atoms with E-state index < -0.39 is 0 Å². The van der Waals surface area contributed by atoms with Gasteiger partial charge in [-0.25, -0.2) is 0 Å². The van der Waals surface area contributed by atoms with Gasteiger partial charge in [-0.15, -0.1) is 0 Å². The molecule has 142 valence electrons. The predicted molar refractivity (Wildman–Crippen MR) is 106 cm³/mol. The second kappa shape index (κ2) is 8.73. The first kappa shape index (κ1) is 21.5. The van der Waals surface area contributed by atoms with Crippen LogP contribution in [0.3, 0.4) is 0 Å². The van der Waals surface area contributed by atoms with Crippen LogP contribution < -0.4 is 5.32 Å². The van der Waals surface area contributed by atoms with Crippen LogP contribution >= 0.6 is 0 Å². The lowest BCUT2D eigenvalue weighted by Crippen LogP contribution is -2.31. The van der Waals surface area contributed by atoms with E-state index in [-0.39, 0.29) is 16.7 Å². The lowest BCUT2D eigenvalue weighted by atomic mass is 9.72. The summed E-state index contributed by atoms with van der Waals surface area (Å²) in [5, 5.41) is 13.3. The number of hydrogen-bond acceptors (Lipinski definition) is 2. The van der Waals surface area contributed by atoms with E-state index in [9.17, 15) is 9.90 Å². The molecule has 0 heterocycles. The first-order valence-corrected chi connectivity index (χ1v) is 9.58. The molecule has 0 spiro atoms. The summed E-state index contributed by atoms with van der Waals surface area (Å²) >= 11 is 0. The van der Waals surface area contributed by atoms with Gasteiger partial charge in [0.05, 0.1) is 0 Å². The molecule has 0 unspecified atom stereocenters. The van der Waals surface area contributed by atoms with Crippen LogP contribution in [0.15, 0.2) is 12.1 Å². The number of carbonyl (C=O) groups excluding carboxylic acids is 1. The number of aromatic hydroxyl groups is 1. The minimum atomic E-state index is -0.0361. The van der Waals surface area contributed by atoms with Crippen LogP contribution in [0.25, 0.3) is 0 Å². The van der Waals surface area contributed by atoms with E-state index >= 15 is 0 Å². The Bertz CT molecular complexity index is 588. The molecule has 2 N–H and O–H groups in total. The molecule has 0 fully saturated rings. The normalized spacial score (nSPS) is 12.3. The molecule has 25 heavy (non-hydrogen) atoms. The van der Waals surface area contributed by atoms with Crippen LogP contribution in [-0.4, -0.2) is 11.0 Å². The van der Waals surface area contributed by atoms with Crippen molar-refractivity contribution in [3.63, 3.8) is 0 Å². The van der Waals surface area contributed by atoms with E-state index in [1.807, 2.05) is 19.1 Å². The van der Waals surface area contributed by atoms with Crippen LogP contribution in [0.4, 0.5) is 0 Å². The lowest BCUT2D eigenvalue weighted by molar-refractivity contribution is -0.123. The van der Waals surface area contributed by atoms with Gasteiger partial charge in [0.25, 0.3) is 0 Å². The molecule has 0 aliphatic rings. The first-order valence-electron chi connectivity index (χ1n) is 9.58. The molecule has 1 rings (SSSR count). The van der Waals surface area contributed by atoms with Crippen LogP contribution in [0.5, 0.6) is 5.75 Å². The topological polar surface area (TPSA) is 49.3 Å². The highest BCUT2D eigenvalue weighted by Gasteiger charge is 2.29. The van der Waals surface area contributed by atoms with Crippen molar-refractivity contribution in [2.75, 3.05) is 0 Å². The number of amides is 1. The number of phenols is 1. The van der Waals surface area contributed by atoms with Crippen LogP contribution in [0.1, 0.15) is 83.9 Å². The third-order valence-electron chi connectivity index (χ3n) is 5.01. The molecule has 3 nitrogen and oxygen atoms in total. The van der Waals surface area contributed by atoms with E-state index in [0.717, 1.165) is 36.8 Å². The summed E-state index contributed by atoms with van der Waals surface area (Å²) < 4.78 is 0. The molecule has 1 amide bonds. The zero-order chi connectivity index (χ0) is 19.3. The Morgan fingerprint density at radius 3 is 2.32 bits per heavy atom. The number of carbonyl (C=O) groups is 1. The second-order valence-electron chi connectivity index (χ2n) is 8.98. The van der Waals surface area contributed by atoms with Crippen molar-refractivity contribution >= 4 is 5.91 Å². The third kappa shape index (κ3) is 7.09. The first-order chi connectivity index (χ1) is 11.5. The van der Waals surface area contributed by atoms with Gasteiger partial charge in [0.15, 0.2) is 0 Å². The molecule has 1 aromatic rings. The van der Waals surface area contributed by atoms with E-state index in [4.69, 9.17) is 0 Å². The molecule has 0 aromatic heterocycles. The summed E-state index contributed by atoms with van der Waals surface area (Å²) in [6.07, 6.45) is 4.68. The number of nitrogens with one attached hydrogen (secondary N) is 1. The van der Waals surface area contributed by atoms with Crippen LogP contribution in [0.2, 0.25) is 0 Å². The van der Waals surface area contributed by atoms with Crippen molar-refractivity contribution in [1.82, 2.24) is 5.32 Å². The number of rotatable bonds is 9. The van der Waals surface area contributed by atoms with Crippen molar-refractivity contribution < 1.29 is 9.90 Å². The lowest BCUT2D eigenvalue weighted by Gasteiger charge is -2.34. The van der Waals surface area contributed by atoms with Gasteiger partial charge in [0, 0.05) is 18.5 Å². The average molecular weight is 348 g/mol. The van der Waals surface area contributed by atoms with Gasteiger partial charge in [0.1, 0.15) is 5.75 Å². The van der Waals surface area contributed by atoms with E-state index in [0.29, 0.717) is 18.7 Å². The highest BCUT2D eigenvalue weighted by Crippen LogP contribution is 2.38. The fourth-order valence-electron chi connectivity index (χ4n) is 3.68. The Morgan fingerprint density at radius 1 is 1.12 bits per heavy atom. The predicted octanol–water partition coefficient (Wildman–Crippen LogP) is 5.51. The second-order valence-corrected chi connectivity index (χ2v) is 8.98. The summed E-state index contributed by atoms with van der Waals surface area (Å²) in [4.78, 5) is 12.4. The molecular weight excluding hydrogens is 310 g/mol. The number of benzene rings is 1. The zero-order valence-corrected chi connectivity index (χ0v) is 17.3. The van der Waals surface area contributed by atoms with Gasteiger partial charge in [-0.1, -0.05) is 66.5 Å². The van der Waals surface area contributed by atoms with Gasteiger partial charge in [-0.2, -0.15) is 0 Å². The van der Waals surface area contributed by atoms with Crippen molar-refractivity contribution in [2.24, 2.45) is 10.8 Å². The van der Waals surface area contributed by atoms with Gasteiger partial charge in [-0.05, 0) is 41.7 Å². The van der Waals surface area contributed by atoms with E-state index in [2.05, 4.69) is 46.9 Å². The summed E-state index contributed by atoms with van der Waals surface area (Å²) in [5.41, 5.74) is 3.11. The minimum absolute atomic E-state index is 0.0361. The number of hydrogen-bond donors (Lipinski definition) is 2. The average Bonchev–Trinajstić information content (AvgIpc) is 2.48. The van der Waals surface area contributed by atoms with Crippen molar-refractivity contribution in [3.05, 3.63) is 28.8 Å². The quantitative estimate of drug-likeness (QED) is 0.618. The smallest absolute Gasteiger partial charge is 0.220 e. The standard InChI is InChI=1S/C22H37NO2/c1-8-10-17-11-16(3)20(25)18(12-17)14-23-19(24)13-22(6,7)15-21(4,5)9-2/h11-12,25H,8-10,13-15H2,1-7H3,(H,23,24). The molecular formula is C22H37NO2. The largest absolute Gasteiger partial charge is 0.507 e. The molecule has 0 saturated heterocycles. The van der Waals surface area contributed by atoms with Gasteiger partial charge < -0.3 is 10.4 Å². The number of aryl methyl sites for hydroxylation is 2. The highest BCUT2D eigenvalue weighted by atomic mass is 16.3. The summed E-state index contributed by atoms with van der Waals surface area (Å²) in [6.45, 7) is 15.5. The monoisotopic (exact) mass is 347 g/mol.